The Morgan fingerprint density at radius 2 is 2.29 bits per heavy atom. The normalized spacial score (nSPS) is 12.3. The van der Waals surface area contributed by atoms with Crippen molar-refractivity contribution in [3.8, 4) is 0 Å². The van der Waals surface area contributed by atoms with Gasteiger partial charge in [-0.15, -0.1) is 0 Å². The van der Waals surface area contributed by atoms with E-state index in [1.807, 2.05) is 25.1 Å². The zero-order chi connectivity index (χ0) is 10.1. The van der Waals surface area contributed by atoms with E-state index in [1.54, 1.807) is 6.20 Å². The lowest BCUT2D eigenvalue weighted by Crippen LogP contribution is -1.88. The summed E-state index contributed by atoms with van der Waals surface area (Å²) in [6, 6.07) is 5.88. The van der Waals surface area contributed by atoms with Gasteiger partial charge in [-0.3, -0.25) is 0 Å². The van der Waals surface area contributed by atoms with E-state index >= 15 is 0 Å². The molecule has 2 N–H and O–H groups in total. The van der Waals surface area contributed by atoms with E-state index in [2.05, 4.69) is 10.1 Å². The molecule has 0 amide bonds. The van der Waals surface area contributed by atoms with Gasteiger partial charge in [-0.2, -0.15) is 0 Å². The molecule has 4 heteroatoms. The van der Waals surface area contributed by atoms with Gasteiger partial charge in [0, 0.05) is 22.7 Å². The average molecular weight is 209 g/mol. The van der Waals surface area contributed by atoms with Gasteiger partial charge in [-0.1, -0.05) is 35.0 Å². The van der Waals surface area contributed by atoms with Crippen LogP contribution in [0, 0.1) is 6.92 Å². The predicted molar refractivity (Wildman–Crippen MR) is 57.2 cm³/mol. The Labute approximate surface area is 86.0 Å². The lowest BCUT2D eigenvalue weighted by molar-refractivity contribution is 0.321. The first-order chi connectivity index (χ1) is 6.74. The molecule has 2 aromatic rings. The number of hydrogen-bond donors (Lipinski definition) is 2. The van der Waals surface area contributed by atoms with Crippen LogP contribution in [0.2, 0.25) is 0 Å². The summed E-state index contributed by atoms with van der Waals surface area (Å²) in [5.74, 6) is 0. The standard InChI is InChI=1S/C10H9ClN2O/c1-6-3-2-4-7-8(10(11)13-14)5-12-9(6)7/h2-5,12,14H,1H3. The summed E-state index contributed by atoms with van der Waals surface area (Å²) in [6.45, 7) is 2.01. The number of oxime groups is 1. The van der Waals surface area contributed by atoms with Crippen molar-refractivity contribution in [2.45, 2.75) is 6.92 Å². The highest BCUT2D eigenvalue weighted by atomic mass is 35.5. The molecule has 0 aliphatic rings. The highest BCUT2D eigenvalue weighted by Gasteiger charge is 2.08. The van der Waals surface area contributed by atoms with Crippen molar-refractivity contribution in [2.24, 2.45) is 5.16 Å². The number of rotatable bonds is 1. The second kappa shape index (κ2) is 3.35. The molecule has 72 valence electrons. The van der Waals surface area contributed by atoms with Gasteiger partial charge in [-0.05, 0) is 12.5 Å². The number of aryl methyl sites for hydroxylation is 1. The number of aromatic nitrogens is 1. The molecule has 0 spiro atoms. The van der Waals surface area contributed by atoms with Crippen molar-refractivity contribution in [3.05, 3.63) is 35.5 Å². The van der Waals surface area contributed by atoms with Crippen molar-refractivity contribution in [2.75, 3.05) is 0 Å². The molecule has 0 radical (unpaired) electrons. The first-order valence-electron chi connectivity index (χ1n) is 4.18. The van der Waals surface area contributed by atoms with E-state index in [1.165, 1.54) is 0 Å². The van der Waals surface area contributed by atoms with Crippen LogP contribution in [0.1, 0.15) is 11.1 Å². The predicted octanol–water partition coefficient (Wildman–Crippen LogP) is 2.85. The molecule has 1 aromatic carbocycles. The monoisotopic (exact) mass is 208 g/mol. The fraction of sp³-hybridized carbons (Fsp3) is 0.100. The van der Waals surface area contributed by atoms with Crippen molar-refractivity contribution in [1.29, 1.82) is 0 Å². The van der Waals surface area contributed by atoms with Crippen LogP contribution in [-0.2, 0) is 0 Å². The maximum Gasteiger partial charge on any atom is 0.177 e. The minimum Gasteiger partial charge on any atom is -0.410 e. The molecule has 14 heavy (non-hydrogen) atoms. The number of para-hydroxylation sites is 1. The molecule has 0 aliphatic heterocycles. The van der Waals surface area contributed by atoms with Gasteiger partial charge in [0.15, 0.2) is 5.17 Å². The van der Waals surface area contributed by atoms with Gasteiger partial charge >= 0.3 is 0 Å². The van der Waals surface area contributed by atoms with Gasteiger partial charge in [0.05, 0.1) is 0 Å². The maximum atomic E-state index is 8.58. The number of nitrogens with zero attached hydrogens (tertiary/aromatic N) is 1. The largest absolute Gasteiger partial charge is 0.410 e. The highest BCUT2D eigenvalue weighted by molar-refractivity contribution is 6.70. The molecular formula is C10H9ClN2O. The zero-order valence-corrected chi connectivity index (χ0v) is 8.34. The second-order valence-electron chi connectivity index (χ2n) is 3.09. The number of H-pyrrole nitrogens is 1. The van der Waals surface area contributed by atoms with Crippen LogP contribution in [-0.4, -0.2) is 15.4 Å². The Morgan fingerprint density at radius 1 is 1.50 bits per heavy atom. The fourth-order valence-electron chi connectivity index (χ4n) is 1.53. The SMILES string of the molecule is Cc1cccc2c(C(Cl)=NO)c[nH]c12. The van der Waals surface area contributed by atoms with Gasteiger partial charge in [0.1, 0.15) is 0 Å². The topological polar surface area (TPSA) is 48.4 Å². The minimum atomic E-state index is 0.0989. The summed E-state index contributed by atoms with van der Waals surface area (Å²) in [5.41, 5.74) is 2.87. The summed E-state index contributed by atoms with van der Waals surface area (Å²) in [7, 11) is 0. The van der Waals surface area contributed by atoms with Crippen molar-refractivity contribution in [1.82, 2.24) is 4.98 Å². The lowest BCUT2D eigenvalue weighted by Gasteiger charge is -1.96. The number of hydrogen-bond acceptors (Lipinski definition) is 2. The van der Waals surface area contributed by atoms with Crippen molar-refractivity contribution in [3.63, 3.8) is 0 Å². The van der Waals surface area contributed by atoms with E-state index in [4.69, 9.17) is 16.8 Å². The van der Waals surface area contributed by atoms with Crippen molar-refractivity contribution >= 4 is 27.7 Å². The van der Waals surface area contributed by atoms with E-state index < -0.39 is 0 Å². The molecule has 3 nitrogen and oxygen atoms in total. The summed E-state index contributed by atoms with van der Waals surface area (Å²) < 4.78 is 0. The summed E-state index contributed by atoms with van der Waals surface area (Å²) >= 11 is 5.74. The molecule has 2 rings (SSSR count). The summed E-state index contributed by atoms with van der Waals surface area (Å²) in [5, 5.41) is 12.6. The Kier molecular flexibility index (Phi) is 2.17. The minimum absolute atomic E-state index is 0.0989. The first-order valence-corrected chi connectivity index (χ1v) is 4.56. The van der Waals surface area contributed by atoms with Gasteiger partial charge in [-0.25, -0.2) is 0 Å². The molecule has 0 aliphatic carbocycles. The second-order valence-corrected chi connectivity index (χ2v) is 3.45. The van der Waals surface area contributed by atoms with Crippen LogP contribution < -0.4 is 0 Å². The fourth-order valence-corrected chi connectivity index (χ4v) is 1.69. The van der Waals surface area contributed by atoms with Gasteiger partial charge in [0.25, 0.3) is 0 Å². The lowest BCUT2D eigenvalue weighted by atomic mass is 10.1. The third-order valence-corrected chi connectivity index (χ3v) is 2.51. The quantitative estimate of drug-likeness (QED) is 0.423. The number of benzene rings is 1. The molecule has 0 bridgehead atoms. The Hall–Kier alpha value is -1.48. The smallest absolute Gasteiger partial charge is 0.177 e. The van der Waals surface area contributed by atoms with Crippen LogP contribution in [0.15, 0.2) is 29.6 Å². The summed E-state index contributed by atoms with van der Waals surface area (Å²) in [6.07, 6.45) is 1.74. The van der Waals surface area contributed by atoms with E-state index in [0.29, 0.717) is 5.56 Å². The van der Waals surface area contributed by atoms with Crippen LogP contribution in [0.25, 0.3) is 10.9 Å². The zero-order valence-electron chi connectivity index (χ0n) is 7.58. The maximum absolute atomic E-state index is 8.58. The number of halogens is 1. The third-order valence-electron chi connectivity index (χ3n) is 2.23. The van der Waals surface area contributed by atoms with Crippen molar-refractivity contribution < 1.29 is 5.21 Å². The Morgan fingerprint density at radius 3 is 3.00 bits per heavy atom. The van der Waals surface area contributed by atoms with Gasteiger partial charge < -0.3 is 10.2 Å². The number of nitrogens with one attached hydrogen (secondary N) is 1. The third kappa shape index (κ3) is 1.26. The van der Waals surface area contributed by atoms with E-state index in [-0.39, 0.29) is 5.17 Å². The van der Waals surface area contributed by atoms with Crippen LogP contribution in [0.4, 0.5) is 0 Å². The summed E-state index contributed by atoms with van der Waals surface area (Å²) in [4.78, 5) is 3.10. The molecule has 0 atom stereocenters. The number of fused-ring (bicyclic) bond motifs is 1. The van der Waals surface area contributed by atoms with Crippen LogP contribution in [0.3, 0.4) is 0 Å². The highest BCUT2D eigenvalue weighted by Crippen LogP contribution is 2.22. The average Bonchev–Trinajstić information content (AvgIpc) is 2.62. The van der Waals surface area contributed by atoms with E-state index in [9.17, 15) is 0 Å². The van der Waals surface area contributed by atoms with Crippen LogP contribution >= 0.6 is 11.6 Å². The van der Waals surface area contributed by atoms with E-state index in [0.717, 1.165) is 16.5 Å². The molecular weight excluding hydrogens is 200 g/mol. The molecule has 0 unspecified atom stereocenters. The molecule has 1 aromatic heterocycles. The molecule has 0 fully saturated rings. The molecule has 0 saturated heterocycles. The molecule has 0 saturated carbocycles. The Balaban J connectivity index is 2.76. The number of aromatic amines is 1. The molecule has 1 heterocycles. The van der Waals surface area contributed by atoms with Crippen LogP contribution in [0.5, 0.6) is 0 Å². The Bertz CT molecular complexity index is 502. The first kappa shape index (κ1) is 9.09. The van der Waals surface area contributed by atoms with Gasteiger partial charge in [0.2, 0.25) is 0 Å².